The maximum Gasteiger partial charge on any atom is 0.237 e. The van der Waals surface area contributed by atoms with Gasteiger partial charge in [0, 0.05) is 20.0 Å². The van der Waals surface area contributed by atoms with Crippen molar-refractivity contribution in [2.45, 2.75) is 45.7 Å². The van der Waals surface area contributed by atoms with Crippen LogP contribution in [0.2, 0.25) is 0 Å². The fourth-order valence-corrected chi connectivity index (χ4v) is 2.10. The predicted octanol–water partition coefficient (Wildman–Crippen LogP) is 1.59. The molecule has 2 rings (SSSR count). The molecule has 122 valence electrons. The van der Waals surface area contributed by atoms with Gasteiger partial charge in [-0.2, -0.15) is 0 Å². The maximum atomic E-state index is 11.2. The van der Waals surface area contributed by atoms with E-state index in [0.717, 1.165) is 37.9 Å². The van der Waals surface area contributed by atoms with Gasteiger partial charge in [0.05, 0.1) is 6.04 Å². The van der Waals surface area contributed by atoms with Crippen LogP contribution >= 0.6 is 0 Å². The van der Waals surface area contributed by atoms with E-state index in [0.29, 0.717) is 6.54 Å². The standard InChI is InChI=1S/C9H11NO.C8H16N2O/c1-8(11)10-7-9-5-3-2-4-6-9;1-2-5-10-8(11)7-4-3-6-9-7/h2-6H,7H2,1H3,(H,10,11);7,9H,2-6H2,1H3,(H,10,11). The second-order valence-corrected chi connectivity index (χ2v) is 5.34. The summed E-state index contributed by atoms with van der Waals surface area (Å²) in [5.74, 6) is 0.179. The Balaban J connectivity index is 0.000000220. The van der Waals surface area contributed by atoms with Crippen molar-refractivity contribution >= 4 is 11.8 Å². The summed E-state index contributed by atoms with van der Waals surface area (Å²) in [6, 6.07) is 9.92. The number of hydrogen-bond acceptors (Lipinski definition) is 3. The van der Waals surface area contributed by atoms with Gasteiger partial charge in [0.1, 0.15) is 0 Å². The van der Waals surface area contributed by atoms with Crippen LogP contribution in [0.5, 0.6) is 0 Å². The Labute approximate surface area is 132 Å². The first-order valence-corrected chi connectivity index (χ1v) is 7.93. The van der Waals surface area contributed by atoms with Gasteiger partial charge >= 0.3 is 0 Å². The average molecular weight is 305 g/mol. The van der Waals surface area contributed by atoms with Gasteiger partial charge in [0.25, 0.3) is 0 Å². The van der Waals surface area contributed by atoms with Crippen LogP contribution in [0.15, 0.2) is 30.3 Å². The Kier molecular flexibility index (Phi) is 8.91. The number of benzene rings is 1. The summed E-state index contributed by atoms with van der Waals surface area (Å²) in [6.45, 7) is 5.99. The molecule has 1 atom stereocenters. The molecule has 1 fully saturated rings. The summed E-state index contributed by atoms with van der Waals surface area (Å²) in [4.78, 5) is 21.7. The summed E-state index contributed by atoms with van der Waals surface area (Å²) in [5, 5.41) is 8.75. The van der Waals surface area contributed by atoms with Crippen molar-refractivity contribution in [3.63, 3.8) is 0 Å². The molecule has 1 aromatic rings. The van der Waals surface area contributed by atoms with Crippen molar-refractivity contribution in [2.24, 2.45) is 0 Å². The molecule has 1 aromatic carbocycles. The fourth-order valence-electron chi connectivity index (χ4n) is 2.10. The zero-order valence-electron chi connectivity index (χ0n) is 13.5. The van der Waals surface area contributed by atoms with Crippen LogP contribution in [0.25, 0.3) is 0 Å². The number of carbonyl (C=O) groups is 2. The molecule has 0 saturated carbocycles. The van der Waals surface area contributed by atoms with E-state index in [2.05, 4.69) is 22.9 Å². The largest absolute Gasteiger partial charge is 0.355 e. The van der Waals surface area contributed by atoms with Crippen LogP contribution in [0.3, 0.4) is 0 Å². The second-order valence-electron chi connectivity index (χ2n) is 5.34. The summed E-state index contributed by atoms with van der Waals surface area (Å²) >= 11 is 0. The SMILES string of the molecule is CC(=O)NCc1ccccc1.CCCNC(=O)C1CCCN1. The van der Waals surface area contributed by atoms with E-state index in [1.807, 2.05) is 30.3 Å². The first kappa shape index (κ1) is 18.2. The van der Waals surface area contributed by atoms with Gasteiger partial charge in [-0.1, -0.05) is 37.3 Å². The van der Waals surface area contributed by atoms with E-state index in [1.54, 1.807) is 0 Å². The first-order valence-electron chi connectivity index (χ1n) is 7.93. The Morgan fingerprint density at radius 2 is 1.95 bits per heavy atom. The molecule has 5 heteroatoms. The second kappa shape index (κ2) is 10.8. The Hall–Kier alpha value is -1.88. The quantitative estimate of drug-likeness (QED) is 0.773. The smallest absolute Gasteiger partial charge is 0.237 e. The highest BCUT2D eigenvalue weighted by molar-refractivity contribution is 5.81. The molecular weight excluding hydrogens is 278 g/mol. The van der Waals surface area contributed by atoms with E-state index in [1.165, 1.54) is 6.92 Å². The van der Waals surface area contributed by atoms with Crippen molar-refractivity contribution in [3.8, 4) is 0 Å². The summed E-state index contributed by atoms with van der Waals surface area (Å²) < 4.78 is 0. The zero-order valence-corrected chi connectivity index (χ0v) is 13.5. The highest BCUT2D eigenvalue weighted by atomic mass is 16.2. The minimum Gasteiger partial charge on any atom is -0.355 e. The highest BCUT2D eigenvalue weighted by Gasteiger charge is 2.20. The average Bonchev–Trinajstić information content (AvgIpc) is 3.07. The van der Waals surface area contributed by atoms with Gasteiger partial charge < -0.3 is 16.0 Å². The lowest BCUT2D eigenvalue weighted by atomic mass is 10.2. The maximum absolute atomic E-state index is 11.2. The van der Waals surface area contributed by atoms with Crippen LogP contribution in [0.4, 0.5) is 0 Å². The summed E-state index contributed by atoms with van der Waals surface area (Å²) in [7, 11) is 0. The monoisotopic (exact) mass is 305 g/mol. The summed E-state index contributed by atoms with van der Waals surface area (Å²) in [6.07, 6.45) is 3.14. The van der Waals surface area contributed by atoms with Crippen molar-refractivity contribution in [1.82, 2.24) is 16.0 Å². The molecule has 0 aromatic heterocycles. The number of rotatable bonds is 5. The molecule has 0 radical (unpaired) electrons. The molecule has 1 aliphatic heterocycles. The third-order valence-corrected chi connectivity index (χ3v) is 3.31. The van der Waals surface area contributed by atoms with Gasteiger partial charge in [0.2, 0.25) is 11.8 Å². The molecule has 1 aliphatic rings. The Bertz CT molecular complexity index is 442. The fraction of sp³-hybridized carbons (Fsp3) is 0.529. The molecule has 0 spiro atoms. The highest BCUT2D eigenvalue weighted by Crippen LogP contribution is 2.04. The Morgan fingerprint density at radius 1 is 1.23 bits per heavy atom. The molecule has 1 unspecified atom stereocenters. The molecule has 0 bridgehead atoms. The minimum absolute atomic E-state index is 0.00820. The normalized spacial score (nSPS) is 16.4. The molecular formula is C17H27N3O2. The van der Waals surface area contributed by atoms with Gasteiger partial charge in [-0.25, -0.2) is 0 Å². The number of nitrogens with one attached hydrogen (secondary N) is 3. The first-order chi connectivity index (χ1) is 10.6. The van der Waals surface area contributed by atoms with Crippen LogP contribution in [0.1, 0.15) is 38.7 Å². The third-order valence-electron chi connectivity index (χ3n) is 3.31. The molecule has 0 aliphatic carbocycles. The molecule has 3 N–H and O–H groups in total. The molecule has 5 nitrogen and oxygen atoms in total. The molecule has 2 amide bonds. The zero-order chi connectivity index (χ0) is 16.2. The van der Waals surface area contributed by atoms with E-state index < -0.39 is 0 Å². The van der Waals surface area contributed by atoms with Crippen molar-refractivity contribution in [3.05, 3.63) is 35.9 Å². The van der Waals surface area contributed by atoms with E-state index in [-0.39, 0.29) is 17.9 Å². The minimum atomic E-state index is 0.00820. The van der Waals surface area contributed by atoms with E-state index >= 15 is 0 Å². The summed E-state index contributed by atoms with van der Waals surface area (Å²) in [5.41, 5.74) is 1.13. The van der Waals surface area contributed by atoms with Gasteiger partial charge in [-0.05, 0) is 31.4 Å². The van der Waals surface area contributed by atoms with E-state index in [9.17, 15) is 9.59 Å². The molecule has 1 heterocycles. The van der Waals surface area contributed by atoms with Crippen LogP contribution in [0, 0.1) is 0 Å². The lowest BCUT2D eigenvalue weighted by molar-refractivity contribution is -0.122. The van der Waals surface area contributed by atoms with Gasteiger partial charge in [-0.3, -0.25) is 9.59 Å². The van der Waals surface area contributed by atoms with Gasteiger partial charge in [-0.15, -0.1) is 0 Å². The number of hydrogen-bond donors (Lipinski definition) is 3. The molecule has 1 saturated heterocycles. The Morgan fingerprint density at radius 3 is 2.50 bits per heavy atom. The number of amides is 2. The predicted molar refractivity (Wildman–Crippen MR) is 88.3 cm³/mol. The van der Waals surface area contributed by atoms with Crippen LogP contribution in [-0.2, 0) is 16.1 Å². The van der Waals surface area contributed by atoms with Gasteiger partial charge in [0.15, 0.2) is 0 Å². The lowest BCUT2D eigenvalue weighted by Gasteiger charge is -2.09. The number of carbonyl (C=O) groups excluding carboxylic acids is 2. The van der Waals surface area contributed by atoms with E-state index in [4.69, 9.17) is 0 Å². The topological polar surface area (TPSA) is 70.2 Å². The van der Waals surface area contributed by atoms with Crippen LogP contribution < -0.4 is 16.0 Å². The van der Waals surface area contributed by atoms with Crippen molar-refractivity contribution in [2.75, 3.05) is 13.1 Å². The lowest BCUT2D eigenvalue weighted by Crippen LogP contribution is -2.40. The third kappa shape index (κ3) is 7.78. The van der Waals surface area contributed by atoms with Crippen LogP contribution in [-0.4, -0.2) is 30.9 Å². The van der Waals surface area contributed by atoms with Crippen molar-refractivity contribution in [1.29, 1.82) is 0 Å². The van der Waals surface area contributed by atoms with Crippen molar-refractivity contribution < 1.29 is 9.59 Å². The molecule has 22 heavy (non-hydrogen) atoms.